The van der Waals surface area contributed by atoms with Crippen LogP contribution in [0.4, 0.5) is 5.69 Å². The van der Waals surface area contributed by atoms with Crippen molar-refractivity contribution < 1.29 is 22.7 Å². The van der Waals surface area contributed by atoms with Crippen LogP contribution in [-0.4, -0.2) is 31.3 Å². The molecule has 0 radical (unpaired) electrons. The summed E-state index contributed by atoms with van der Waals surface area (Å²) in [6.45, 7) is 3.13. The topological polar surface area (TPSA) is 114 Å². The van der Waals surface area contributed by atoms with Gasteiger partial charge in [-0.2, -0.15) is 0 Å². The Hall–Kier alpha value is -3.46. The molecular weight excluding hydrogens is 394 g/mol. The molecule has 2 N–H and O–H groups in total. The maximum atomic E-state index is 12.9. The number of pyridine rings is 1. The summed E-state index contributed by atoms with van der Waals surface area (Å²) >= 11 is 0. The molecule has 0 bridgehead atoms. The van der Waals surface area contributed by atoms with Crippen LogP contribution in [0.1, 0.15) is 22.8 Å². The van der Waals surface area contributed by atoms with Crippen LogP contribution in [-0.2, 0) is 14.8 Å². The minimum atomic E-state index is -4.18. The number of carbonyl (C=O) groups is 2. The predicted octanol–water partition coefficient (Wildman–Crippen LogP) is 2.38. The largest absolute Gasteiger partial charge is 0.479 e. The van der Waals surface area contributed by atoms with Gasteiger partial charge < -0.3 is 10.1 Å². The Balaban J connectivity index is 1.70. The van der Waals surface area contributed by atoms with E-state index in [0.29, 0.717) is 22.2 Å². The van der Waals surface area contributed by atoms with Crippen molar-refractivity contribution in [1.29, 1.82) is 0 Å². The zero-order valence-corrected chi connectivity index (χ0v) is 16.4. The van der Waals surface area contributed by atoms with Crippen molar-refractivity contribution in [3.05, 3.63) is 59.8 Å². The third-order valence-electron chi connectivity index (χ3n) is 4.61. The molecule has 1 aromatic heterocycles. The third kappa shape index (κ3) is 3.40. The van der Waals surface area contributed by atoms with E-state index < -0.39 is 22.0 Å². The summed E-state index contributed by atoms with van der Waals surface area (Å²) in [5.41, 5.74) is 1.53. The zero-order chi connectivity index (χ0) is 20.8. The van der Waals surface area contributed by atoms with E-state index in [1.165, 1.54) is 18.2 Å². The fraction of sp³-hybridized carbons (Fsp3) is 0.150. The van der Waals surface area contributed by atoms with Crippen molar-refractivity contribution in [2.24, 2.45) is 0 Å². The predicted molar refractivity (Wildman–Crippen MR) is 106 cm³/mol. The normalized spacial score (nSPS) is 15.9. The van der Waals surface area contributed by atoms with Crippen molar-refractivity contribution in [2.45, 2.75) is 24.8 Å². The van der Waals surface area contributed by atoms with Crippen LogP contribution in [0.2, 0.25) is 0 Å². The smallest absolute Gasteiger partial charge is 0.265 e. The number of rotatable bonds is 3. The van der Waals surface area contributed by atoms with Crippen LogP contribution < -0.4 is 14.8 Å². The lowest BCUT2D eigenvalue weighted by Gasteiger charge is -2.24. The molecule has 1 atom stereocenters. The summed E-state index contributed by atoms with van der Waals surface area (Å²) in [5.74, 6) is -0.849. The first-order valence-electron chi connectivity index (χ1n) is 8.79. The van der Waals surface area contributed by atoms with Gasteiger partial charge in [-0.15, -0.1) is 0 Å². The number of fused-ring (bicyclic) bond motifs is 2. The Kier molecular flexibility index (Phi) is 4.46. The van der Waals surface area contributed by atoms with Gasteiger partial charge in [-0.25, -0.2) is 13.1 Å². The van der Waals surface area contributed by atoms with Crippen molar-refractivity contribution in [3.63, 3.8) is 0 Å². The number of ether oxygens (including phenoxy) is 1. The molecule has 29 heavy (non-hydrogen) atoms. The van der Waals surface area contributed by atoms with E-state index in [1.807, 2.05) is 0 Å². The standard InChI is InChI=1S/C20H17N3O5S/c1-11-9-16-17(28-12(2)19(24)22-16)10-18(11)29(26,27)23-20(25)14-5-3-7-15-13(14)6-4-8-21-15/h3-10,12H,1-2H3,(H,22,24)(H,23,25)/t12-/m0/s1. The highest BCUT2D eigenvalue weighted by molar-refractivity contribution is 7.90. The van der Waals surface area contributed by atoms with Crippen LogP contribution in [0, 0.1) is 6.92 Å². The lowest BCUT2D eigenvalue weighted by Crippen LogP contribution is -2.35. The van der Waals surface area contributed by atoms with Crippen molar-refractivity contribution in [2.75, 3.05) is 5.32 Å². The maximum absolute atomic E-state index is 12.9. The van der Waals surface area contributed by atoms with Gasteiger partial charge in [-0.05, 0) is 43.7 Å². The van der Waals surface area contributed by atoms with Crippen molar-refractivity contribution in [1.82, 2.24) is 9.71 Å². The molecule has 1 aliphatic heterocycles. The quantitative estimate of drug-likeness (QED) is 0.684. The number of hydrogen-bond donors (Lipinski definition) is 2. The van der Waals surface area contributed by atoms with Crippen LogP contribution in [0.15, 0.2) is 53.6 Å². The minimum Gasteiger partial charge on any atom is -0.479 e. The lowest BCUT2D eigenvalue weighted by molar-refractivity contribution is -0.122. The summed E-state index contributed by atoms with van der Waals surface area (Å²) in [6.07, 6.45) is 0.843. The van der Waals surface area contributed by atoms with Crippen LogP contribution in [0.5, 0.6) is 5.75 Å². The molecule has 3 aromatic rings. The second kappa shape index (κ2) is 6.85. The van der Waals surface area contributed by atoms with Gasteiger partial charge in [0.25, 0.3) is 21.8 Å². The molecule has 0 saturated carbocycles. The average molecular weight is 411 g/mol. The molecule has 4 rings (SSSR count). The fourth-order valence-corrected chi connectivity index (χ4v) is 4.37. The molecular formula is C20H17N3O5S. The first kappa shape index (κ1) is 18.9. The number of benzene rings is 2. The van der Waals surface area contributed by atoms with Gasteiger partial charge in [-0.3, -0.25) is 14.6 Å². The number of aryl methyl sites for hydroxylation is 1. The SMILES string of the molecule is Cc1cc2c(cc1S(=O)(=O)NC(=O)c1cccc3ncccc13)O[C@@H](C)C(=O)N2. The van der Waals surface area contributed by atoms with Crippen LogP contribution in [0.25, 0.3) is 10.9 Å². The van der Waals surface area contributed by atoms with Gasteiger partial charge >= 0.3 is 0 Å². The highest BCUT2D eigenvalue weighted by Gasteiger charge is 2.28. The van der Waals surface area contributed by atoms with Gasteiger partial charge in [0, 0.05) is 23.2 Å². The number of amides is 2. The minimum absolute atomic E-state index is 0.105. The highest BCUT2D eigenvalue weighted by Crippen LogP contribution is 2.34. The molecule has 1 aliphatic rings. The number of hydrogen-bond acceptors (Lipinski definition) is 6. The maximum Gasteiger partial charge on any atom is 0.265 e. The van der Waals surface area contributed by atoms with Gasteiger partial charge in [0.1, 0.15) is 5.75 Å². The molecule has 0 saturated heterocycles. The summed E-state index contributed by atoms with van der Waals surface area (Å²) in [7, 11) is -4.18. The summed E-state index contributed by atoms with van der Waals surface area (Å²) < 4.78 is 33.4. The van der Waals surface area contributed by atoms with Gasteiger partial charge in [0.2, 0.25) is 0 Å². The third-order valence-corrected chi connectivity index (χ3v) is 6.09. The Labute approximate surface area is 167 Å². The Bertz CT molecular complexity index is 1270. The number of nitrogens with one attached hydrogen (secondary N) is 2. The van der Waals surface area contributed by atoms with Crippen molar-refractivity contribution >= 4 is 38.4 Å². The average Bonchev–Trinajstić information content (AvgIpc) is 2.68. The fourth-order valence-electron chi connectivity index (χ4n) is 3.17. The molecule has 0 spiro atoms. The molecule has 2 amide bonds. The molecule has 2 heterocycles. The van der Waals surface area contributed by atoms with Crippen LogP contribution >= 0.6 is 0 Å². The number of carbonyl (C=O) groups excluding carboxylic acids is 2. The van der Waals surface area contributed by atoms with E-state index in [-0.39, 0.29) is 22.1 Å². The number of aromatic nitrogens is 1. The Morgan fingerprint density at radius 3 is 2.79 bits per heavy atom. The van der Waals surface area contributed by atoms with Crippen LogP contribution in [0.3, 0.4) is 0 Å². The van der Waals surface area contributed by atoms with Gasteiger partial charge in [-0.1, -0.05) is 12.1 Å². The lowest BCUT2D eigenvalue weighted by atomic mass is 10.1. The second-order valence-corrected chi connectivity index (χ2v) is 8.32. The van der Waals surface area contributed by atoms with E-state index in [0.717, 1.165) is 0 Å². The van der Waals surface area contributed by atoms with E-state index >= 15 is 0 Å². The summed E-state index contributed by atoms with van der Waals surface area (Å²) in [4.78, 5) is 28.5. The van der Waals surface area contributed by atoms with E-state index in [9.17, 15) is 18.0 Å². The number of sulfonamides is 1. The molecule has 0 aliphatic carbocycles. The molecule has 9 heteroatoms. The highest BCUT2D eigenvalue weighted by atomic mass is 32.2. The Morgan fingerprint density at radius 2 is 2.00 bits per heavy atom. The Morgan fingerprint density at radius 1 is 1.21 bits per heavy atom. The zero-order valence-electron chi connectivity index (χ0n) is 15.6. The number of nitrogens with zero attached hydrogens (tertiary/aromatic N) is 1. The summed E-state index contributed by atoms with van der Waals surface area (Å²) in [5, 5.41) is 3.21. The summed E-state index contributed by atoms with van der Waals surface area (Å²) in [6, 6.07) is 11.1. The van der Waals surface area contributed by atoms with E-state index in [1.54, 1.807) is 44.3 Å². The molecule has 0 fully saturated rings. The number of anilines is 1. The second-order valence-electron chi connectivity index (χ2n) is 6.67. The molecule has 148 valence electrons. The van der Waals surface area contributed by atoms with Crippen molar-refractivity contribution in [3.8, 4) is 5.75 Å². The van der Waals surface area contributed by atoms with E-state index in [2.05, 4.69) is 15.0 Å². The molecule has 0 unspecified atom stereocenters. The molecule has 8 nitrogen and oxygen atoms in total. The first-order valence-corrected chi connectivity index (χ1v) is 10.3. The van der Waals surface area contributed by atoms with E-state index in [4.69, 9.17) is 4.74 Å². The monoisotopic (exact) mass is 411 g/mol. The molecule has 2 aromatic carbocycles. The van der Waals surface area contributed by atoms with Gasteiger partial charge in [0.05, 0.1) is 16.1 Å². The first-order chi connectivity index (χ1) is 13.8. The van der Waals surface area contributed by atoms with Gasteiger partial charge in [0.15, 0.2) is 6.10 Å².